The summed E-state index contributed by atoms with van der Waals surface area (Å²) in [7, 11) is 0. The molecule has 2 aliphatic heterocycles. The van der Waals surface area contributed by atoms with Gasteiger partial charge in [-0.15, -0.1) is 0 Å². The molecule has 28 heavy (non-hydrogen) atoms. The zero-order valence-corrected chi connectivity index (χ0v) is 15.8. The van der Waals surface area contributed by atoms with Gasteiger partial charge in [0.25, 0.3) is 5.91 Å². The fourth-order valence-corrected chi connectivity index (χ4v) is 3.85. The Balaban J connectivity index is 1.48. The van der Waals surface area contributed by atoms with Gasteiger partial charge in [-0.2, -0.15) is 0 Å². The molecule has 2 aromatic carbocycles. The van der Waals surface area contributed by atoms with Crippen LogP contribution in [0.1, 0.15) is 29.6 Å². The molecule has 1 amide bonds. The van der Waals surface area contributed by atoms with E-state index in [9.17, 15) is 9.18 Å². The highest BCUT2D eigenvalue weighted by atomic mass is 19.1. The lowest BCUT2D eigenvalue weighted by Gasteiger charge is -2.33. The van der Waals surface area contributed by atoms with Gasteiger partial charge in [0, 0.05) is 31.5 Å². The van der Waals surface area contributed by atoms with Crippen molar-refractivity contribution in [2.75, 3.05) is 31.2 Å². The standard InChI is InChI=1S/C22H25FN2O3/c23-16-6-5-7-17(14-16)28-21-15-27-13-10-19(21)24-22(26)18-8-1-2-9-20(18)25-11-3-4-12-25/h1-2,5-9,14,19,21H,3-4,10-13,15H2,(H,24,26)/t19-,21-/m1/s1. The lowest BCUT2D eigenvalue weighted by atomic mass is 10.0. The van der Waals surface area contributed by atoms with Crippen LogP contribution in [0.15, 0.2) is 48.5 Å². The summed E-state index contributed by atoms with van der Waals surface area (Å²) in [6.45, 7) is 2.87. The first kappa shape index (κ1) is 18.7. The maximum Gasteiger partial charge on any atom is 0.253 e. The van der Waals surface area contributed by atoms with Crippen LogP contribution in [-0.4, -0.2) is 44.4 Å². The highest BCUT2D eigenvalue weighted by Crippen LogP contribution is 2.25. The second-order valence-corrected chi connectivity index (χ2v) is 7.27. The first-order chi connectivity index (χ1) is 13.7. The van der Waals surface area contributed by atoms with Crippen molar-refractivity contribution < 1.29 is 18.7 Å². The molecule has 0 spiro atoms. The summed E-state index contributed by atoms with van der Waals surface area (Å²) in [4.78, 5) is 15.3. The van der Waals surface area contributed by atoms with Crippen LogP contribution in [0.25, 0.3) is 0 Å². The van der Waals surface area contributed by atoms with Crippen LogP contribution < -0.4 is 15.0 Å². The Labute approximate surface area is 164 Å². The van der Waals surface area contributed by atoms with Gasteiger partial charge >= 0.3 is 0 Å². The zero-order valence-electron chi connectivity index (χ0n) is 15.8. The normalized spacial score (nSPS) is 22.1. The van der Waals surface area contributed by atoms with Crippen molar-refractivity contribution in [2.45, 2.75) is 31.4 Å². The first-order valence-electron chi connectivity index (χ1n) is 9.85. The number of nitrogens with one attached hydrogen (secondary N) is 1. The van der Waals surface area contributed by atoms with Crippen molar-refractivity contribution in [1.29, 1.82) is 0 Å². The number of ether oxygens (including phenoxy) is 2. The largest absolute Gasteiger partial charge is 0.486 e. The van der Waals surface area contributed by atoms with Gasteiger partial charge in [0.15, 0.2) is 0 Å². The summed E-state index contributed by atoms with van der Waals surface area (Å²) in [5, 5.41) is 3.12. The highest BCUT2D eigenvalue weighted by Gasteiger charge is 2.30. The molecule has 0 radical (unpaired) electrons. The zero-order chi connectivity index (χ0) is 19.3. The summed E-state index contributed by atoms with van der Waals surface area (Å²) in [5.41, 5.74) is 1.66. The van der Waals surface area contributed by atoms with Crippen LogP contribution >= 0.6 is 0 Å². The Morgan fingerprint density at radius 3 is 2.79 bits per heavy atom. The number of carbonyl (C=O) groups is 1. The molecule has 2 heterocycles. The molecule has 2 atom stereocenters. The average molecular weight is 384 g/mol. The molecule has 1 N–H and O–H groups in total. The Hall–Kier alpha value is -2.60. The molecule has 2 aromatic rings. The SMILES string of the molecule is O=C(N[C@@H]1CCOC[C@H]1Oc1cccc(F)c1)c1ccccc1N1CCCC1. The predicted octanol–water partition coefficient (Wildman–Crippen LogP) is 3.39. The predicted molar refractivity (Wildman–Crippen MR) is 105 cm³/mol. The monoisotopic (exact) mass is 384 g/mol. The molecular formula is C22H25FN2O3. The number of nitrogens with zero attached hydrogens (tertiary/aromatic N) is 1. The van der Waals surface area contributed by atoms with Gasteiger partial charge in [-0.3, -0.25) is 4.79 Å². The smallest absolute Gasteiger partial charge is 0.253 e. The Morgan fingerprint density at radius 2 is 1.96 bits per heavy atom. The molecule has 4 rings (SSSR count). The Bertz CT molecular complexity index is 823. The third-order valence-electron chi connectivity index (χ3n) is 5.30. The van der Waals surface area contributed by atoms with Crippen molar-refractivity contribution in [3.8, 4) is 5.75 Å². The Morgan fingerprint density at radius 1 is 1.14 bits per heavy atom. The van der Waals surface area contributed by atoms with Gasteiger partial charge in [-0.05, 0) is 43.5 Å². The van der Waals surface area contributed by atoms with Crippen LogP contribution in [0, 0.1) is 5.82 Å². The first-order valence-corrected chi connectivity index (χ1v) is 9.85. The van der Waals surface area contributed by atoms with E-state index in [0.717, 1.165) is 31.6 Å². The lowest BCUT2D eigenvalue weighted by molar-refractivity contribution is -0.0136. The molecule has 5 nitrogen and oxygen atoms in total. The Kier molecular flexibility index (Phi) is 5.76. The van der Waals surface area contributed by atoms with Crippen molar-refractivity contribution in [1.82, 2.24) is 5.32 Å². The van der Waals surface area contributed by atoms with Gasteiger partial charge in [0.2, 0.25) is 0 Å². The molecule has 0 aliphatic carbocycles. The van der Waals surface area contributed by atoms with Crippen molar-refractivity contribution in [2.24, 2.45) is 0 Å². The summed E-state index contributed by atoms with van der Waals surface area (Å²) in [5.74, 6) is -0.0242. The van der Waals surface area contributed by atoms with Crippen LogP contribution in [0.3, 0.4) is 0 Å². The van der Waals surface area contributed by atoms with E-state index in [1.54, 1.807) is 12.1 Å². The number of para-hydroxylation sites is 1. The van der Waals surface area contributed by atoms with Gasteiger partial charge in [0.1, 0.15) is 17.7 Å². The molecule has 0 unspecified atom stereocenters. The maximum absolute atomic E-state index is 13.5. The molecular weight excluding hydrogens is 359 g/mol. The van der Waals surface area contributed by atoms with E-state index in [1.165, 1.54) is 12.1 Å². The summed E-state index contributed by atoms with van der Waals surface area (Å²) >= 11 is 0. The average Bonchev–Trinajstić information content (AvgIpc) is 3.24. The summed E-state index contributed by atoms with van der Waals surface area (Å²) < 4.78 is 24.9. The van der Waals surface area contributed by atoms with Crippen molar-refractivity contribution >= 4 is 11.6 Å². The minimum absolute atomic E-state index is 0.109. The van der Waals surface area contributed by atoms with E-state index < -0.39 is 0 Å². The molecule has 6 heteroatoms. The molecule has 2 fully saturated rings. The third-order valence-corrected chi connectivity index (χ3v) is 5.30. The number of amides is 1. The lowest BCUT2D eigenvalue weighted by Crippen LogP contribution is -2.51. The number of anilines is 1. The van der Waals surface area contributed by atoms with E-state index in [-0.39, 0.29) is 23.9 Å². The number of hydrogen-bond acceptors (Lipinski definition) is 4. The summed E-state index contributed by atoms with van der Waals surface area (Å²) in [6.07, 6.45) is 2.59. The minimum Gasteiger partial charge on any atom is -0.486 e. The van der Waals surface area contributed by atoms with Crippen LogP contribution in [-0.2, 0) is 4.74 Å². The number of rotatable bonds is 5. The van der Waals surface area contributed by atoms with Gasteiger partial charge < -0.3 is 19.7 Å². The van der Waals surface area contributed by atoms with E-state index in [1.807, 2.05) is 24.3 Å². The van der Waals surface area contributed by atoms with Gasteiger partial charge in [-0.1, -0.05) is 18.2 Å². The van der Waals surface area contributed by atoms with E-state index in [2.05, 4.69) is 10.2 Å². The van der Waals surface area contributed by atoms with Crippen LogP contribution in [0.4, 0.5) is 10.1 Å². The molecule has 0 saturated carbocycles. The highest BCUT2D eigenvalue weighted by molar-refractivity contribution is 6.00. The quantitative estimate of drug-likeness (QED) is 0.859. The molecule has 2 aliphatic rings. The van der Waals surface area contributed by atoms with Crippen molar-refractivity contribution in [3.05, 3.63) is 59.9 Å². The number of carbonyl (C=O) groups excluding carboxylic acids is 1. The van der Waals surface area contributed by atoms with E-state index >= 15 is 0 Å². The second-order valence-electron chi connectivity index (χ2n) is 7.27. The fourth-order valence-electron chi connectivity index (χ4n) is 3.85. The topological polar surface area (TPSA) is 50.8 Å². The van der Waals surface area contributed by atoms with Gasteiger partial charge in [-0.25, -0.2) is 4.39 Å². The fraction of sp³-hybridized carbons (Fsp3) is 0.409. The second kappa shape index (κ2) is 8.61. The third kappa shape index (κ3) is 4.28. The van der Waals surface area contributed by atoms with E-state index in [4.69, 9.17) is 9.47 Å². The van der Waals surface area contributed by atoms with Crippen LogP contribution in [0.5, 0.6) is 5.75 Å². The van der Waals surface area contributed by atoms with Crippen molar-refractivity contribution in [3.63, 3.8) is 0 Å². The molecule has 148 valence electrons. The molecule has 0 bridgehead atoms. The minimum atomic E-state index is -0.363. The molecule has 0 aromatic heterocycles. The van der Waals surface area contributed by atoms with Gasteiger partial charge in [0.05, 0.1) is 18.2 Å². The van der Waals surface area contributed by atoms with Crippen LogP contribution in [0.2, 0.25) is 0 Å². The number of hydrogen-bond donors (Lipinski definition) is 1. The summed E-state index contributed by atoms with van der Waals surface area (Å²) in [6, 6.07) is 13.6. The van der Waals surface area contributed by atoms with E-state index in [0.29, 0.717) is 30.9 Å². The molecule has 2 saturated heterocycles. The number of benzene rings is 2. The maximum atomic E-state index is 13.5. The number of halogens is 1.